The Bertz CT molecular complexity index is 198. The first-order chi connectivity index (χ1) is 4.86. The van der Waals surface area contributed by atoms with Crippen LogP contribution in [0, 0.1) is 5.92 Å². The molecule has 3 nitrogen and oxygen atoms in total. The van der Waals surface area contributed by atoms with Crippen molar-refractivity contribution >= 4 is 5.78 Å². The van der Waals surface area contributed by atoms with Crippen LogP contribution in [0.4, 0.5) is 0 Å². The molecule has 0 bridgehead atoms. The lowest BCUT2D eigenvalue weighted by molar-refractivity contribution is -0.119. The van der Waals surface area contributed by atoms with E-state index in [1.54, 1.807) is 0 Å². The van der Waals surface area contributed by atoms with Crippen molar-refractivity contribution in [2.45, 2.75) is 12.8 Å². The highest BCUT2D eigenvalue weighted by molar-refractivity contribution is 5.81. The van der Waals surface area contributed by atoms with Crippen molar-refractivity contribution in [2.75, 3.05) is 6.54 Å². The first-order valence-electron chi connectivity index (χ1n) is 3.57. The van der Waals surface area contributed by atoms with Crippen LogP contribution in [-0.4, -0.2) is 12.3 Å². The third kappa shape index (κ3) is 0.827. The lowest BCUT2D eigenvalue weighted by Gasteiger charge is -2.13. The summed E-state index contributed by atoms with van der Waals surface area (Å²) < 4.78 is 0. The zero-order valence-electron chi connectivity index (χ0n) is 5.68. The number of carbonyl (C=O) groups is 1. The number of allylic oxidation sites excluding steroid dienone is 1. The maximum atomic E-state index is 10.9. The molecule has 1 aliphatic carbocycles. The molecule has 0 radical (unpaired) electrons. The van der Waals surface area contributed by atoms with Crippen LogP contribution in [0.2, 0.25) is 0 Å². The number of hydrazine groups is 1. The number of carbonyl (C=O) groups excluding carboxylic acids is 1. The Balaban J connectivity index is 2.20. The van der Waals surface area contributed by atoms with Gasteiger partial charge < -0.3 is 5.43 Å². The van der Waals surface area contributed by atoms with Crippen molar-refractivity contribution in [1.29, 1.82) is 0 Å². The largest absolute Gasteiger partial charge is 0.326 e. The lowest BCUT2D eigenvalue weighted by atomic mass is 9.93. The summed E-state index contributed by atoms with van der Waals surface area (Å²) in [5.74, 6) is 0.792. The molecule has 1 atom stereocenters. The second kappa shape index (κ2) is 2.09. The van der Waals surface area contributed by atoms with E-state index >= 15 is 0 Å². The van der Waals surface area contributed by atoms with Crippen LogP contribution in [0.5, 0.6) is 0 Å². The van der Waals surface area contributed by atoms with E-state index in [0.717, 1.165) is 6.54 Å². The van der Waals surface area contributed by atoms with Gasteiger partial charge in [-0.1, -0.05) is 6.08 Å². The third-order valence-corrected chi connectivity index (χ3v) is 2.04. The lowest BCUT2D eigenvalue weighted by Crippen LogP contribution is -2.20. The predicted molar refractivity (Wildman–Crippen MR) is 37.0 cm³/mol. The van der Waals surface area contributed by atoms with Crippen LogP contribution in [-0.2, 0) is 4.79 Å². The highest BCUT2D eigenvalue weighted by Crippen LogP contribution is 2.22. The van der Waals surface area contributed by atoms with Gasteiger partial charge in [0.05, 0.1) is 0 Å². The van der Waals surface area contributed by atoms with Gasteiger partial charge in [0.15, 0.2) is 0 Å². The van der Waals surface area contributed by atoms with Gasteiger partial charge in [-0.05, 0) is 0 Å². The smallest absolute Gasteiger partial charge is 0.137 e. The first-order valence-corrected chi connectivity index (χ1v) is 3.57. The highest BCUT2D eigenvalue weighted by Gasteiger charge is 2.25. The van der Waals surface area contributed by atoms with E-state index in [1.165, 1.54) is 5.70 Å². The van der Waals surface area contributed by atoms with Gasteiger partial charge in [-0.3, -0.25) is 4.79 Å². The van der Waals surface area contributed by atoms with Gasteiger partial charge >= 0.3 is 0 Å². The quantitative estimate of drug-likeness (QED) is 0.493. The molecule has 0 aromatic rings. The standard InChI is InChI=1S/C7H10N2O/c10-6-1-2-7-5(3-6)4-8-9-7/h2,5,8-9H,1,3-4H2. The maximum absolute atomic E-state index is 10.9. The first kappa shape index (κ1) is 5.92. The minimum Gasteiger partial charge on any atom is -0.326 e. The molecule has 0 aromatic heterocycles. The summed E-state index contributed by atoms with van der Waals surface area (Å²) in [4.78, 5) is 10.9. The molecule has 10 heavy (non-hydrogen) atoms. The van der Waals surface area contributed by atoms with Gasteiger partial charge in [-0.2, -0.15) is 0 Å². The van der Waals surface area contributed by atoms with Crippen molar-refractivity contribution in [1.82, 2.24) is 10.9 Å². The Hall–Kier alpha value is -0.830. The number of rotatable bonds is 0. The van der Waals surface area contributed by atoms with Gasteiger partial charge in [0.2, 0.25) is 0 Å². The average molecular weight is 138 g/mol. The molecule has 2 N–H and O–H groups in total. The molecule has 1 fully saturated rings. The molecule has 0 aromatic carbocycles. The molecule has 2 rings (SSSR count). The van der Waals surface area contributed by atoms with Crippen LogP contribution in [0.1, 0.15) is 12.8 Å². The molecular formula is C7H10N2O. The van der Waals surface area contributed by atoms with Crippen LogP contribution in [0.3, 0.4) is 0 Å². The van der Waals surface area contributed by atoms with Gasteiger partial charge in [0.25, 0.3) is 0 Å². The van der Waals surface area contributed by atoms with Crippen molar-refractivity contribution in [3.63, 3.8) is 0 Å². The zero-order chi connectivity index (χ0) is 6.97. The Labute approximate surface area is 59.5 Å². The summed E-state index contributed by atoms with van der Waals surface area (Å²) in [6.07, 6.45) is 3.31. The summed E-state index contributed by atoms with van der Waals surface area (Å²) >= 11 is 0. The summed E-state index contributed by atoms with van der Waals surface area (Å²) in [5.41, 5.74) is 7.26. The van der Waals surface area contributed by atoms with Crippen molar-refractivity contribution in [2.24, 2.45) is 5.92 Å². The molecular weight excluding hydrogens is 128 g/mol. The average Bonchev–Trinajstić information content (AvgIpc) is 2.33. The van der Waals surface area contributed by atoms with E-state index in [4.69, 9.17) is 0 Å². The van der Waals surface area contributed by atoms with E-state index in [-0.39, 0.29) is 0 Å². The second-order valence-corrected chi connectivity index (χ2v) is 2.81. The number of ketones is 1. The summed E-state index contributed by atoms with van der Waals surface area (Å²) in [7, 11) is 0. The van der Waals surface area contributed by atoms with Crippen LogP contribution in [0.15, 0.2) is 11.8 Å². The minimum absolute atomic E-state index is 0.360. The van der Waals surface area contributed by atoms with E-state index < -0.39 is 0 Å². The molecule has 0 amide bonds. The van der Waals surface area contributed by atoms with Gasteiger partial charge in [0, 0.05) is 31.0 Å². The minimum atomic E-state index is 0.360. The number of nitrogens with one attached hydrogen (secondary N) is 2. The molecule has 0 spiro atoms. The molecule has 3 heteroatoms. The van der Waals surface area contributed by atoms with Crippen molar-refractivity contribution in [3.8, 4) is 0 Å². The van der Waals surface area contributed by atoms with Gasteiger partial charge in [-0.25, -0.2) is 5.43 Å². The Morgan fingerprint density at radius 3 is 3.40 bits per heavy atom. The van der Waals surface area contributed by atoms with E-state index in [2.05, 4.69) is 10.9 Å². The fourth-order valence-corrected chi connectivity index (χ4v) is 1.47. The van der Waals surface area contributed by atoms with Crippen LogP contribution < -0.4 is 10.9 Å². The number of hydrogen-bond donors (Lipinski definition) is 2. The molecule has 1 unspecified atom stereocenters. The molecule has 2 aliphatic rings. The molecule has 1 saturated heterocycles. The summed E-state index contributed by atoms with van der Waals surface area (Å²) in [6, 6.07) is 0. The highest BCUT2D eigenvalue weighted by atomic mass is 16.1. The Kier molecular flexibility index (Phi) is 1.24. The Morgan fingerprint density at radius 1 is 1.60 bits per heavy atom. The van der Waals surface area contributed by atoms with E-state index in [0.29, 0.717) is 24.5 Å². The summed E-state index contributed by atoms with van der Waals surface area (Å²) in [5, 5.41) is 0. The number of hydrogen-bond acceptors (Lipinski definition) is 3. The molecule has 0 saturated carbocycles. The summed E-state index contributed by atoms with van der Waals surface area (Å²) in [6.45, 7) is 0.900. The van der Waals surface area contributed by atoms with Crippen LogP contribution in [0.25, 0.3) is 0 Å². The fraction of sp³-hybridized carbons (Fsp3) is 0.571. The van der Waals surface area contributed by atoms with Crippen molar-refractivity contribution < 1.29 is 4.79 Å². The number of Topliss-reactive ketones (excluding diaryl/α,β-unsaturated/α-hetero) is 1. The van der Waals surface area contributed by atoms with E-state index in [1.807, 2.05) is 6.08 Å². The monoisotopic (exact) mass is 138 g/mol. The molecule has 54 valence electrons. The van der Waals surface area contributed by atoms with Crippen LogP contribution >= 0.6 is 0 Å². The second-order valence-electron chi connectivity index (χ2n) is 2.81. The molecule has 1 heterocycles. The predicted octanol–water partition coefficient (Wildman–Crippen LogP) is -0.0428. The SMILES string of the molecule is O=C1CC=C2NNCC2C1. The third-order valence-electron chi connectivity index (χ3n) is 2.04. The maximum Gasteiger partial charge on any atom is 0.137 e. The fourth-order valence-electron chi connectivity index (χ4n) is 1.47. The normalized spacial score (nSPS) is 31.0. The number of fused-ring (bicyclic) bond motifs is 1. The Morgan fingerprint density at radius 2 is 2.50 bits per heavy atom. The zero-order valence-corrected chi connectivity index (χ0v) is 5.68. The topological polar surface area (TPSA) is 41.1 Å². The van der Waals surface area contributed by atoms with Crippen molar-refractivity contribution in [3.05, 3.63) is 11.8 Å². The van der Waals surface area contributed by atoms with E-state index in [9.17, 15) is 4.79 Å². The molecule has 1 aliphatic heterocycles. The van der Waals surface area contributed by atoms with Gasteiger partial charge in [-0.15, -0.1) is 0 Å². The van der Waals surface area contributed by atoms with Gasteiger partial charge in [0.1, 0.15) is 5.78 Å².